The van der Waals surface area contributed by atoms with E-state index in [-0.39, 0.29) is 5.91 Å². The number of amides is 1. The van der Waals surface area contributed by atoms with E-state index in [0.717, 1.165) is 37.9 Å². The molecule has 1 aliphatic heterocycles. The Kier molecular flexibility index (Phi) is 7.49. The third-order valence-corrected chi connectivity index (χ3v) is 5.08. The van der Waals surface area contributed by atoms with Crippen molar-refractivity contribution in [1.29, 1.82) is 0 Å². The van der Waals surface area contributed by atoms with Crippen LogP contribution in [0.1, 0.15) is 39.2 Å². The number of likely N-dealkylation sites (tertiary alicyclic amines) is 1. The molecule has 1 aromatic carbocycles. The van der Waals surface area contributed by atoms with Gasteiger partial charge in [0, 0.05) is 26.7 Å². The van der Waals surface area contributed by atoms with Crippen molar-refractivity contribution in [3.63, 3.8) is 0 Å². The van der Waals surface area contributed by atoms with Gasteiger partial charge in [-0.25, -0.2) is 0 Å². The Bertz CT molecular complexity index is 589. The average Bonchev–Trinajstić information content (AvgIpc) is 2.66. The van der Waals surface area contributed by atoms with Gasteiger partial charge in [0.25, 0.3) is 0 Å². The first-order valence-corrected chi connectivity index (χ1v) is 9.75. The lowest BCUT2D eigenvalue weighted by Gasteiger charge is -2.35. The summed E-state index contributed by atoms with van der Waals surface area (Å²) in [6.45, 7) is 9.31. The van der Waals surface area contributed by atoms with Crippen molar-refractivity contribution in [1.82, 2.24) is 15.5 Å². The van der Waals surface area contributed by atoms with Crippen LogP contribution in [0, 0.1) is 11.3 Å². The molecule has 0 atom stereocenters. The van der Waals surface area contributed by atoms with E-state index in [9.17, 15) is 4.79 Å². The number of nitrogens with one attached hydrogen (secondary N) is 2. The topological polar surface area (TPSA) is 56.7 Å². The molecule has 1 heterocycles. The van der Waals surface area contributed by atoms with Gasteiger partial charge >= 0.3 is 0 Å². The van der Waals surface area contributed by atoms with Crippen LogP contribution in [0.25, 0.3) is 0 Å². The molecule has 2 rings (SSSR count). The van der Waals surface area contributed by atoms with E-state index in [2.05, 4.69) is 52.8 Å². The van der Waals surface area contributed by atoms with Crippen LogP contribution < -0.4 is 10.6 Å². The Hall–Kier alpha value is -2.04. The van der Waals surface area contributed by atoms with E-state index in [0.29, 0.717) is 6.54 Å². The predicted molar refractivity (Wildman–Crippen MR) is 108 cm³/mol. The summed E-state index contributed by atoms with van der Waals surface area (Å²) in [6.07, 6.45) is 3.52. The quantitative estimate of drug-likeness (QED) is 0.607. The Morgan fingerprint density at radius 2 is 1.88 bits per heavy atom. The Labute approximate surface area is 158 Å². The molecule has 5 heteroatoms. The van der Waals surface area contributed by atoms with E-state index in [1.165, 1.54) is 18.4 Å². The normalized spacial score (nSPS) is 16.5. The van der Waals surface area contributed by atoms with Crippen LogP contribution in [0.15, 0.2) is 35.3 Å². The fourth-order valence-corrected chi connectivity index (χ4v) is 3.40. The molecular formula is C21H34N4O. The zero-order valence-corrected chi connectivity index (χ0v) is 16.7. The number of piperidine rings is 1. The van der Waals surface area contributed by atoms with Crippen molar-refractivity contribution in [3.8, 4) is 0 Å². The number of aliphatic imine (C=N–C) groups is 1. The maximum atomic E-state index is 12.0. The zero-order valence-electron chi connectivity index (χ0n) is 16.7. The summed E-state index contributed by atoms with van der Waals surface area (Å²) in [5.74, 6) is 1.69. The van der Waals surface area contributed by atoms with E-state index in [1.807, 2.05) is 13.8 Å². The molecule has 1 amide bonds. The molecule has 0 aromatic heterocycles. The number of guanidine groups is 1. The molecule has 1 saturated heterocycles. The van der Waals surface area contributed by atoms with Crippen LogP contribution in [0.5, 0.6) is 0 Å². The molecule has 0 radical (unpaired) electrons. The summed E-state index contributed by atoms with van der Waals surface area (Å²) in [6, 6.07) is 10.8. The maximum Gasteiger partial charge on any atom is 0.227 e. The van der Waals surface area contributed by atoms with Gasteiger partial charge in [0.05, 0.1) is 12.0 Å². The van der Waals surface area contributed by atoms with Crippen LogP contribution in [0.3, 0.4) is 0 Å². The van der Waals surface area contributed by atoms with Crippen LogP contribution in [0.4, 0.5) is 0 Å². The highest BCUT2D eigenvalue weighted by Gasteiger charge is 2.27. The van der Waals surface area contributed by atoms with Crippen molar-refractivity contribution in [2.24, 2.45) is 16.3 Å². The molecule has 1 fully saturated rings. The molecule has 0 aliphatic carbocycles. The zero-order chi connectivity index (χ0) is 19.0. The Morgan fingerprint density at radius 1 is 1.23 bits per heavy atom. The first-order valence-electron chi connectivity index (χ1n) is 9.75. The van der Waals surface area contributed by atoms with Crippen LogP contribution >= 0.6 is 0 Å². The second-order valence-corrected chi connectivity index (χ2v) is 7.75. The lowest BCUT2D eigenvalue weighted by molar-refractivity contribution is -0.128. The number of hydrogen-bond donors (Lipinski definition) is 2. The lowest BCUT2D eigenvalue weighted by atomic mass is 9.90. The first-order chi connectivity index (χ1) is 12.5. The van der Waals surface area contributed by atoms with Crippen LogP contribution in [0.2, 0.25) is 0 Å². The minimum Gasteiger partial charge on any atom is -0.359 e. The number of benzene rings is 1. The standard InChI is InChI=1S/C21H34N4O/c1-5-23-20(24-16-21(2,3)19(26)22-4)25-13-11-18(12-14-25)15-17-9-7-6-8-10-17/h6-10,18H,5,11-16H2,1-4H3,(H,22,26)(H,23,24). The summed E-state index contributed by atoms with van der Waals surface area (Å²) in [5, 5.41) is 6.12. The van der Waals surface area contributed by atoms with Gasteiger partial charge in [-0.15, -0.1) is 0 Å². The number of hydrogen-bond acceptors (Lipinski definition) is 2. The second-order valence-electron chi connectivity index (χ2n) is 7.75. The first kappa shape index (κ1) is 20.3. The largest absolute Gasteiger partial charge is 0.359 e. The number of rotatable bonds is 6. The van der Waals surface area contributed by atoms with Gasteiger partial charge in [-0.2, -0.15) is 0 Å². The second kappa shape index (κ2) is 9.60. The van der Waals surface area contributed by atoms with Crippen LogP contribution in [-0.4, -0.2) is 50.0 Å². The van der Waals surface area contributed by atoms with Gasteiger partial charge in [0.1, 0.15) is 0 Å². The lowest BCUT2D eigenvalue weighted by Crippen LogP contribution is -2.46. The highest BCUT2D eigenvalue weighted by atomic mass is 16.2. The van der Waals surface area contributed by atoms with Crippen LogP contribution in [-0.2, 0) is 11.2 Å². The van der Waals surface area contributed by atoms with Gasteiger partial charge in [-0.05, 0) is 51.5 Å². The maximum absolute atomic E-state index is 12.0. The Balaban J connectivity index is 1.92. The van der Waals surface area contributed by atoms with Gasteiger partial charge in [-0.3, -0.25) is 9.79 Å². The SMILES string of the molecule is CCNC(=NCC(C)(C)C(=O)NC)N1CCC(Cc2ccccc2)CC1. The van der Waals surface area contributed by atoms with Gasteiger partial charge in [0.15, 0.2) is 5.96 Å². The summed E-state index contributed by atoms with van der Waals surface area (Å²) >= 11 is 0. The number of nitrogens with zero attached hydrogens (tertiary/aromatic N) is 2. The average molecular weight is 359 g/mol. The van der Waals surface area contributed by atoms with Crippen molar-refractivity contribution >= 4 is 11.9 Å². The van der Waals surface area contributed by atoms with Crippen molar-refractivity contribution < 1.29 is 4.79 Å². The monoisotopic (exact) mass is 358 g/mol. The van der Waals surface area contributed by atoms with Crippen molar-refractivity contribution in [2.45, 2.75) is 40.0 Å². The predicted octanol–water partition coefficient (Wildman–Crippen LogP) is 2.68. The third kappa shape index (κ3) is 5.75. The molecule has 0 spiro atoms. The fraction of sp³-hybridized carbons (Fsp3) is 0.619. The van der Waals surface area contributed by atoms with E-state index >= 15 is 0 Å². The third-order valence-electron chi connectivity index (χ3n) is 5.08. The molecule has 1 aromatic rings. The smallest absolute Gasteiger partial charge is 0.227 e. The molecule has 144 valence electrons. The highest BCUT2D eigenvalue weighted by Crippen LogP contribution is 2.22. The molecule has 0 saturated carbocycles. The molecule has 0 bridgehead atoms. The van der Waals surface area contributed by atoms with Crippen molar-refractivity contribution in [3.05, 3.63) is 35.9 Å². The van der Waals surface area contributed by atoms with E-state index in [1.54, 1.807) is 7.05 Å². The number of carbonyl (C=O) groups is 1. The molecule has 26 heavy (non-hydrogen) atoms. The van der Waals surface area contributed by atoms with Gasteiger partial charge < -0.3 is 15.5 Å². The summed E-state index contributed by atoms with van der Waals surface area (Å²) in [5.41, 5.74) is 0.931. The minimum absolute atomic E-state index is 0.0265. The summed E-state index contributed by atoms with van der Waals surface area (Å²) in [7, 11) is 1.68. The van der Waals surface area contributed by atoms with Gasteiger partial charge in [0.2, 0.25) is 5.91 Å². The molecule has 0 unspecified atom stereocenters. The van der Waals surface area contributed by atoms with Crippen molar-refractivity contribution in [2.75, 3.05) is 33.2 Å². The molecule has 1 aliphatic rings. The molecular weight excluding hydrogens is 324 g/mol. The summed E-state index contributed by atoms with van der Waals surface area (Å²) < 4.78 is 0. The minimum atomic E-state index is -0.499. The molecule has 5 nitrogen and oxygen atoms in total. The summed E-state index contributed by atoms with van der Waals surface area (Å²) in [4.78, 5) is 19.1. The van der Waals surface area contributed by atoms with Gasteiger partial charge in [-0.1, -0.05) is 30.3 Å². The molecule has 2 N–H and O–H groups in total. The number of carbonyl (C=O) groups excluding carboxylic acids is 1. The fourth-order valence-electron chi connectivity index (χ4n) is 3.40. The highest BCUT2D eigenvalue weighted by molar-refractivity contribution is 5.83. The van der Waals surface area contributed by atoms with E-state index < -0.39 is 5.41 Å². The Morgan fingerprint density at radius 3 is 2.46 bits per heavy atom. The van der Waals surface area contributed by atoms with E-state index in [4.69, 9.17) is 4.99 Å².